The summed E-state index contributed by atoms with van der Waals surface area (Å²) < 4.78 is 6.15. The fourth-order valence-electron chi connectivity index (χ4n) is 2.41. The fraction of sp³-hybridized carbons (Fsp3) is 0.375. The highest BCUT2D eigenvalue weighted by molar-refractivity contribution is 9.11. The zero-order valence-corrected chi connectivity index (χ0v) is 15.1. The molecule has 2 amide bonds. The van der Waals surface area contributed by atoms with Gasteiger partial charge in [0, 0.05) is 17.1 Å². The highest BCUT2D eigenvalue weighted by atomic mass is 79.9. The van der Waals surface area contributed by atoms with Gasteiger partial charge in [-0.2, -0.15) is 0 Å². The molecule has 1 atom stereocenters. The van der Waals surface area contributed by atoms with Crippen LogP contribution in [-0.4, -0.2) is 18.1 Å². The number of rotatable bonds is 6. The molecule has 1 unspecified atom stereocenters. The lowest BCUT2D eigenvalue weighted by molar-refractivity contribution is 0.235. The number of hydrogen-bond donors (Lipinski definition) is 2. The lowest BCUT2D eigenvalue weighted by Gasteiger charge is -2.19. The van der Waals surface area contributed by atoms with E-state index in [1.807, 2.05) is 24.3 Å². The molecule has 0 bridgehead atoms. The smallest absolute Gasteiger partial charge is 0.315 e. The molecule has 122 valence electrons. The topological polar surface area (TPSA) is 63.2 Å². The molecule has 7 heteroatoms. The number of amides is 2. The zero-order chi connectivity index (χ0) is 16.2. The van der Waals surface area contributed by atoms with Gasteiger partial charge < -0.3 is 15.4 Å². The van der Waals surface area contributed by atoms with E-state index in [2.05, 4.69) is 31.5 Å². The summed E-state index contributed by atoms with van der Waals surface area (Å²) in [6, 6.07) is 7.63. The van der Waals surface area contributed by atoms with E-state index in [4.69, 9.17) is 4.74 Å². The number of carbonyl (C=O) groups is 1. The van der Waals surface area contributed by atoms with Crippen LogP contribution >= 0.6 is 27.3 Å². The second-order valence-corrected chi connectivity index (χ2v) is 8.03. The summed E-state index contributed by atoms with van der Waals surface area (Å²) in [5.41, 5.74) is 1.02. The number of urea groups is 1. The molecule has 2 heterocycles. The van der Waals surface area contributed by atoms with E-state index in [1.54, 1.807) is 24.6 Å². The van der Waals surface area contributed by atoms with E-state index in [0.29, 0.717) is 18.3 Å². The number of ether oxygens (including phenoxy) is 1. The quantitative estimate of drug-likeness (QED) is 0.780. The third-order valence-corrected chi connectivity index (χ3v) is 5.38. The van der Waals surface area contributed by atoms with Crippen molar-refractivity contribution in [2.24, 2.45) is 5.92 Å². The largest absolute Gasteiger partial charge is 0.481 e. The molecule has 0 spiro atoms. The van der Waals surface area contributed by atoms with Gasteiger partial charge in [0.25, 0.3) is 0 Å². The van der Waals surface area contributed by atoms with Crippen molar-refractivity contribution in [1.29, 1.82) is 0 Å². The van der Waals surface area contributed by atoms with Crippen molar-refractivity contribution in [3.05, 3.63) is 44.7 Å². The van der Waals surface area contributed by atoms with Crippen molar-refractivity contribution in [3.8, 4) is 5.88 Å². The van der Waals surface area contributed by atoms with Crippen LogP contribution in [0.15, 0.2) is 34.2 Å². The van der Waals surface area contributed by atoms with Crippen LogP contribution in [0, 0.1) is 5.92 Å². The predicted octanol–water partition coefficient (Wildman–Crippen LogP) is 3.86. The Morgan fingerprint density at radius 1 is 1.43 bits per heavy atom. The monoisotopic (exact) mass is 395 g/mol. The van der Waals surface area contributed by atoms with Gasteiger partial charge in [0.15, 0.2) is 0 Å². The van der Waals surface area contributed by atoms with Crippen LogP contribution in [0.2, 0.25) is 0 Å². The molecule has 0 aromatic carbocycles. The zero-order valence-electron chi connectivity index (χ0n) is 12.7. The van der Waals surface area contributed by atoms with Crippen LogP contribution in [0.3, 0.4) is 0 Å². The lowest BCUT2D eigenvalue weighted by atomic mass is 10.0. The molecule has 0 saturated heterocycles. The second-order valence-electron chi connectivity index (χ2n) is 5.48. The van der Waals surface area contributed by atoms with Gasteiger partial charge in [-0.1, -0.05) is 6.07 Å². The number of nitrogens with one attached hydrogen (secondary N) is 2. The number of nitrogens with zero attached hydrogens (tertiary/aromatic N) is 1. The van der Waals surface area contributed by atoms with E-state index < -0.39 is 0 Å². The highest BCUT2D eigenvalue weighted by Crippen LogP contribution is 2.41. The van der Waals surface area contributed by atoms with E-state index in [-0.39, 0.29) is 12.1 Å². The molecule has 1 saturated carbocycles. The Morgan fingerprint density at radius 3 is 2.83 bits per heavy atom. The van der Waals surface area contributed by atoms with Crippen molar-refractivity contribution < 1.29 is 9.53 Å². The van der Waals surface area contributed by atoms with Crippen molar-refractivity contribution in [1.82, 2.24) is 15.6 Å². The number of hydrogen-bond acceptors (Lipinski definition) is 4. The summed E-state index contributed by atoms with van der Waals surface area (Å²) in [6.07, 6.45) is 4.04. The summed E-state index contributed by atoms with van der Waals surface area (Å²) in [5.74, 6) is 1.07. The maximum atomic E-state index is 12.2. The van der Waals surface area contributed by atoms with Crippen LogP contribution in [0.25, 0.3) is 0 Å². The molecule has 2 aromatic rings. The molecular formula is C16H18BrN3O2S. The molecule has 1 fully saturated rings. The summed E-state index contributed by atoms with van der Waals surface area (Å²) in [5, 5.41) is 5.98. The van der Waals surface area contributed by atoms with E-state index in [1.165, 1.54) is 0 Å². The molecule has 23 heavy (non-hydrogen) atoms. The molecule has 5 nitrogen and oxygen atoms in total. The van der Waals surface area contributed by atoms with Crippen molar-refractivity contribution in [2.45, 2.75) is 25.4 Å². The van der Waals surface area contributed by atoms with Gasteiger partial charge in [0.1, 0.15) is 0 Å². The van der Waals surface area contributed by atoms with Crippen molar-refractivity contribution in [3.63, 3.8) is 0 Å². The predicted molar refractivity (Wildman–Crippen MR) is 93.6 cm³/mol. The molecule has 0 aliphatic heterocycles. The molecule has 1 aliphatic rings. The van der Waals surface area contributed by atoms with E-state index >= 15 is 0 Å². The first kappa shape index (κ1) is 16.3. The first-order chi connectivity index (χ1) is 11.2. The van der Waals surface area contributed by atoms with Crippen LogP contribution in [0.1, 0.15) is 29.3 Å². The van der Waals surface area contributed by atoms with E-state index in [0.717, 1.165) is 27.1 Å². The highest BCUT2D eigenvalue weighted by Gasteiger charge is 2.33. The molecule has 1 aliphatic carbocycles. The third kappa shape index (κ3) is 4.45. The summed E-state index contributed by atoms with van der Waals surface area (Å²) in [4.78, 5) is 17.5. The van der Waals surface area contributed by atoms with Crippen LogP contribution in [0.4, 0.5) is 4.79 Å². The molecule has 2 aromatic heterocycles. The Hall–Kier alpha value is -1.60. The summed E-state index contributed by atoms with van der Waals surface area (Å²) in [7, 11) is 1.59. The number of pyridine rings is 1. The maximum absolute atomic E-state index is 12.2. The SMILES string of the molecule is COc1ccc(C(NC(=O)NCc2ccc(Br)s2)C2CC2)cn1. The minimum atomic E-state index is -0.151. The normalized spacial score (nSPS) is 15.0. The van der Waals surface area contributed by atoms with E-state index in [9.17, 15) is 4.79 Å². The van der Waals surface area contributed by atoms with Gasteiger partial charge in [-0.3, -0.25) is 0 Å². The lowest BCUT2D eigenvalue weighted by Crippen LogP contribution is -2.38. The van der Waals surface area contributed by atoms with Crippen LogP contribution in [-0.2, 0) is 6.54 Å². The van der Waals surface area contributed by atoms with Gasteiger partial charge in [-0.25, -0.2) is 9.78 Å². The van der Waals surface area contributed by atoms with Gasteiger partial charge in [-0.05, 0) is 52.4 Å². The van der Waals surface area contributed by atoms with Gasteiger partial charge >= 0.3 is 6.03 Å². The Labute approximate surface area is 147 Å². The number of halogens is 1. The van der Waals surface area contributed by atoms with Crippen molar-refractivity contribution >= 4 is 33.3 Å². The second kappa shape index (κ2) is 7.31. The minimum absolute atomic E-state index is 0.00322. The molecule has 2 N–H and O–H groups in total. The van der Waals surface area contributed by atoms with Crippen molar-refractivity contribution in [2.75, 3.05) is 7.11 Å². The number of methoxy groups -OCH3 is 1. The minimum Gasteiger partial charge on any atom is -0.481 e. The third-order valence-electron chi connectivity index (χ3n) is 3.76. The van der Waals surface area contributed by atoms with Gasteiger partial charge in [-0.15, -0.1) is 11.3 Å². The number of aromatic nitrogens is 1. The summed E-state index contributed by atoms with van der Waals surface area (Å²) in [6.45, 7) is 0.528. The molecular weight excluding hydrogens is 378 g/mol. The van der Waals surface area contributed by atoms with Gasteiger partial charge in [0.2, 0.25) is 5.88 Å². The Morgan fingerprint density at radius 2 is 2.26 bits per heavy atom. The van der Waals surface area contributed by atoms with Gasteiger partial charge in [0.05, 0.1) is 23.5 Å². The Kier molecular flexibility index (Phi) is 5.17. The maximum Gasteiger partial charge on any atom is 0.315 e. The summed E-state index contributed by atoms with van der Waals surface area (Å²) >= 11 is 5.04. The number of carbonyl (C=O) groups excluding carboxylic acids is 1. The average molecular weight is 396 g/mol. The van der Waals surface area contributed by atoms with Crippen LogP contribution < -0.4 is 15.4 Å². The first-order valence-electron chi connectivity index (χ1n) is 7.44. The molecule has 0 radical (unpaired) electrons. The first-order valence-corrected chi connectivity index (χ1v) is 9.05. The fourth-order valence-corrected chi connectivity index (χ4v) is 3.83. The average Bonchev–Trinajstić information content (AvgIpc) is 3.32. The Balaban J connectivity index is 1.59. The van der Waals surface area contributed by atoms with Crippen LogP contribution in [0.5, 0.6) is 5.88 Å². The molecule has 3 rings (SSSR count). The standard InChI is InChI=1S/C16H18BrN3O2S/c1-22-14-7-4-11(8-18-14)15(10-2-3-10)20-16(21)19-9-12-5-6-13(17)23-12/h4-8,10,15H,2-3,9H2,1H3,(H2,19,20,21). The Bertz CT molecular complexity index is 670. The number of thiophene rings is 1.